The van der Waals surface area contributed by atoms with Gasteiger partial charge in [-0.25, -0.2) is 9.78 Å². The van der Waals surface area contributed by atoms with Crippen LogP contribution in [-0.4, -0.2) is 15.5 Å². The van der Waals surface area contributed by atoms with Crippen LogP contribution in [0.1, 0.15) is 0 Å². The van der Waals surface area contributed by atoms with Gasteiger partial charge in [0.2, 0.25) is 0 Å². The third-order valence-corrected chi connectivity index (χ3v) is 0.727. The zero-order chi connectivity index (χ0) is 5.82. The van der Waals surface area contributed by atoms with E-state index in [4.69, 9.17) is 0 Å². The monoisotopic (exact) mass is 108 g/mol. The van der Waals surface area contributed by atoms with Crippen molar-refractivity contribution in [1.29, 1.82) is 0 Å². The van der Waals surface area contributed by atoms with Crippen LogP contribution in [0.15, 0.2) is 18.7 Å². The Hall–Kier alpha value is -1.34. The Balaban J connectivity index is 2.93. The molecule has 0 saturated carbocycles. The Morgan fingerprint density at radius 3 is 3.12 bits per heavy atom. The van der Waals surface area contributed by atoms with Crippen molar-refractivity contribution in [3.8, 4) is 0 Å². The lowest BCUT2D eigenvalue weighted by molar-refractivity contribution is 0.569. The fourth-order valence-corrected chi connectivity index (χ4v) is 0.407. The fraction of sp³-hybridized carbons (Fsp3) is 0. The molecular formula is C5H4N2O. The first-order chi connectivity index (χ1) is 3.93. The molecule has 0 N–H and O–H groups in total. The van der Waals surface area contributed by atoms with E-state index in [9.17, 15) is 4.79 Å². The van der Waals surface area contributed by atoms with Crippen molar-refractivity contribution in [3.05, 3.63) is 18.7 Å². The second-order valence-corrected chi connectivity index (χ2v) is 1.26. The number of aromatic nitrogens is 2. The molecule has 0 spiro atoms. The molecule has 1 heterocycles. The molecule has 1 aromatic heterocycles. The Bertz CT molecular complexity index is 196. The number of hydrogen-bond donors (Lipinski definition) is 0. The molecule has 8 heavy (non-hydrogen) atoms. The molecule has 0 fully saturated rings. The average molecular weight is 108 g/mol. The van der Waals surface area contributed by atoms with Crippen LogP contribution in [0.3, 0.4) is 0 Å². The molecule has 3 heteroatoms. The molecule has 0 unspecified atom stereocenters. The number of imidazole rings is 1. The number of carbonyl (C=O) groups excluding carboxylic acids is 1. The van der Waals surface area contributed by atoms with Gasteiger partial charge in [-0.1, -0.05) is 0 Å². The number of hydrogen-bond acceptors (Lipinski definition) is 2. The van der Waals surface area contributed by atoms with E-state index in [2.05, 4.69) is 4.98 Å². The lowest BCUT2D eigenvalue weighted by atomic mass is 10.8. The third-order valence-electron chi connectivity index (χ3n) is 0.727. The van der Waals surface area contributed by atoms with Crippen molar-refractivity contribution in [1.82, 2.24) is 9.55 Å². The van der Waals surface area contributed by atoms with E-state index in [0.29, 0.717) is 0 Å². The maximum atomic E-state index is 9.64. The first-order valence-electron chi connectivity index (χ1n) is 2.12. The highest BCUT2D eigenvalue weighted by Gasteiger charge is 1.76. The van der Waals surface area contributed by atoms with Gasteiger partial charge in [0.15, 0.2) is 0 Å². The van der Waals surface area contributed by atoms with Crippen LogP contribution in [0.4, 0.5) is 0 Å². The maximum absolute atomic E-state index is 9.64. The van der Waals surface area contributed by atoms with Gasteiger partial charge in [-0.15, -0.1) is 0 Å². The van der Waals surface area contributed by atoms with Crippen molar-refractivity contribution >= 4 is 12.1 Å². The fourth-order valence-electron chi connectivity index (χ4n) is 0.407. The van der Waals surface area contributed by atoms with E-state index in [1.165, 1.54) is 17.1 Å². The summed E-state index contributed by atoms with van der Waals surface area (Å²) in [6.07, 6.45) is 6.02. The summed E-state index contributed by atoms with van der Waals surface area (Å²) in [5.74, 6) is 1.62. The molecule has 0 aliphatic rings. The molecule has 40 valence electrons. The Morgan fingerprint density at radius 1 is 1.75 bits per heavy atom. The zero-order valence-electron chi connectivity index (χ0n) is 4.11. The van der Waals surface area contributed by atoms with Crippen LogP contribution >= 0.6 is 0 Å². The Morgan fingerprint density at radius 2 is 2.62 bits per heavy atom. The molecule has 0 saturated heterocycles. The zero-order valence-corrected chi connectivity index (χ0v) is 4.11. The van der Waals surface area contributed by atoms with Crippen molar-refractivity contribution < 1.29 is 4.79 Å². The molecule has 0 amide bonds. The molecule has 0 atom stereocenters. The standard InChI is InChI=1S/C5H4N2O/c8-4-3-7-2-1-6-5-7/h1-3,5H. The minimum absolute atomic E-state index is 1.26. The molecule has 1 rings (SSSR count). The van der Waals surface area contributed by atoms with Gasteiger partial charge >= 0.3 is 0 Å². The second-order valence-electron chi connectivity index (χ2n) is 1.26. The largest absolute Gasteiger partial charge is 0.303 e. The van der Waals surface area contributed by atoms with Gasteiger partial charge in [0, 0.05) is 12.4 Å². The van der Waals surface area contributed by atoms with Crippen LogP contribution in [0.25, 0.3) is 6.20 Å². The first-order valence-corrected chi connectivity index (χ1v) is 2.12. The summed E-state index contributed by atoms with van der Waals surface area (Å²) in [6.45, 7) is 0. The minimum Gasteiger partial charge on any atom is -0.303 e. The van der Waals surface area contributed by atoms with E-state index in [1.807, 2.05) is 0 Å². The van der Waals surface area contributed by atoms with E-state index in [0.717, 1.165) is 0 Å². The quantitative estimate of drug-likeness (QED) is 0.481. The van der Waals surface area contributed by atoms with E-state index in [1.54, 1.807) is 18.3 Å². The van der Waals surface area contributed by atoms with E-state index < -0.39 is 0 Å². The molecule has 0 bridgehead atoms. The van der Waals surface area contributed by atoms with Crippen molar-refractivity contribution in [2.75, 3.05) is 0 Å². The predicted molar refractivity (Wildman–Crippen MR) is 28.7 cm³/mol. The van der Waals surface area contributed by atoms with Gasteiger partial charge in [-0.05, 0) is 0 Å². The van der Waals surface area contributed by atoms with Crippen molar-refractivity contribution in [2.45, 2.75) is 0 Å². The van der Waals surface area contributed by atoms with Crippen molar-refractivity contribution in [2.24, 2.45) is 0 Å². The normalized spacial score (nSPS) is 8.00. The van der Waals surface area contributed by atoms with Gasteiger partial charge in [-0.2, -0.15) is 0 Å². The summed E-state index contributed by atoms with van der Waals surface area (Å²) in [5, 5.41) is 0. The van der Waals surface area contributed by atoms with Crippen LogP contribution < -0.4 is 0 Å². The summed E-state index contributed by atoms with van der Waals surface area (Å²) in [5.41, 5.74) is 0. The summed E-state index contributed by atoms with van der Waals surface area (Å²) in [4.78, 5) is 13.3. The van der Waals surface area contributed by atoms with E-state index in [-0.39, 0.29) is 0 Å². The molecule has 0 radical (unpaired) electrons. The van der Waals surface area contributed by atoms with Gasteiger partial charge in [0.1, 0.15) is 5.94 Å². The summed E-state index contributed by atoms with van der Waals surface area (Å²) >= 11 is 0. The molecule has 0 aromatic carbocycles. The van der Waals surface area contributed by atoms with Gasteiger partial charge in [0.25, 0.3) is 0 Å². The Labute approximate surface area is 46.3 Å². The highest BCUT2D eigenvalue weighted by atomic mass is 16.1. The molecule has 1 aromatic rings. The van der Waals surface area contributed by atoms with Gasteiger partial charge in [0.05, 0.1) is 12.5 Å². The average Bonchev–Trinajstić information content (AvgIpc) is 2.19. The summed E-state index contributed by atoms with van der Waals surface area (Å²) in [7, 11) is 0. The minimum atomic E-state index is 1.26. The summed E-state index contributed by atoms with van der Waals surface area (Å²) < 4.78 is 1.52. The van der Waals surface area contributed by atoms with Crippen LogP contribution in [0.2, 0.25) is 0 Å². The SMILES string of the molecule is O=C=Cn1ccnc1. The van der Waals surface area contributed by atoms with Crippen LogP contribution in [0, 0.1) is 0 Å². The molecule has 3 nitrogen and oxygen atoms in total. The predicted octanol–water partition coefficient (Wildman–Crippen LogP) is 0.185. The maximum Gasteiger partial charge on any atom is 0.142 e. The first kappa shape index (κ1) is 4.81. The summed E-state index contributed by atoms with van der Waals surface area (Å²) in [6, 6.07) is 0. The molecule has 0 aliphatic carbocycles. The van der Waals surface area contributed by atoms with Gasteiger partial charge in [-0.3, -0.25) is 0 Å². The van der Waals surface area contributed by atoms with E-state index >= 15 is 0 Å². The molecular weight excluding hydrogens is 104 g/mol. The van der Waals surface area contributed by atoms with Crippen molar-refractivity contribution in [3.63, 3.8) is 0 Å². The lowest BCUT2D eigenvalue weighted by Gasteiger charge is -1.78. The third kappa shape index (κ3) is 0.832. The van der Waals surface area contributed by atoms with Gasteiger partial charge < -0.3 is 4.57 Å². The number of rotatable bonds is 1. The topological polar surface area (TPSA) is 34.9 Å². The van der Waals surface area contributed by atoms with Crippen LogP contribution in [-0.2, 0) is 4.79 Å². The highest BCUT2D eigenvalue weighted by molar-refractivity contribution is 5.63. The van der Waals surface area contributed by atoms with Crippen LogP contribution in [0.5, 0.6) is 0 Å². The molecule has 0 aliphatic heterocycles. The highest BCUT2D eigenvalue weighted by Crippen LogP contribution is 1.80. The lowest BCUT2D eigenvalue weighted by Crippen LogP contribution is -1.76. The second kappa shape index (κ2) is 2.09. The number of nitrogens with zero attached hydrogens (tertiary/aromatic N) is 2. The smallest absolute Gasteiger partial charge is 0.142 e. The Kier molecular flexibility index (Phi) is 1.26.